The third kappa shape index (κ3) is 3.67. The summed E-state index contributed by atoms with van der Waals surface area (Å²) < 4.78 is 13.0. The maximum atomic E-state index is 13.0. The Bertz CT molecular complexity index is 622. The highest BCUT2D eigenvalue weighted by molar-refractivity contribution is 5.97. The second-order valence-corrected chi connectivity index (χ2v) is 4.93. The van der Waals surface area contributed by atoms with E-state index in [1.54, 1.807) is 12.1 Å². The normalized spacial score (nSPS) is 10.3. The molecule has 20 heavy (non-hydrogen) atoms. The van der Waals surface area contributed by atoms with Gasteiger partial charge in [-0.3, -0.25) is 4.79 Å². The van der Waals surface area contributed by atoms with Crippen molar-refractivity contribution < 1.29 is 9.18 Å². The van der Waals surface area contributed by atoms with E-state index in [1.165, 1.54) is 12.1 Å². The van der Waals surface area contributed by atoms with Gasteiger partial charge in [0.1, 0.15) is 5.82 Å². The molecule has 0 atom stereocenters. The molecule has 0 saturated carbocycles. The molecule has 2 aromatic carbocycles. The summed E-state index contributed by atoms with van der Waals surface area (Å²) in [6, 6.07) is 12.1. The lowest BCUT2D eigenvalue weighted by Crippen LogP contribution is -2.10. The fourth-order valence-corrected chi connectivity index (χ4v) is 2.18. The minimum absolute atomic E-state index is 0.103. The summed E-state index contributed by atoms with van der Waals surface area (Å²) in [4.78, 5) is 12.1. The highest BCUT2D eigenvalue weighted by Gasteiger charge is 2.08. The van der Waals surface area contributed by atoms with Crippen LogP contribution in [0.2, 0.25) is 0 Å². The number of nitrogens with one attached hydrogen (secondary N) is 1. The number of carbonyl (C=O) groups is 1. The summed E-state index contributed by atoms with van der Waals surface area (Å²) in [7, 11) is 0. The molecule has 0 aliphatic rings. The maximum absolute atomic E-state index is 13.0. The van der Waals surface area contributed by atoms with Gasteiger partial charge in [0.15, 0.2) is 5.78 Å². The Labute approximate surface area is 118 Å². The van der Waals surface area contributed by atoms with E-state index in [0.29, 0.717) is 18.7 Å². The lowest BCUT2D eigenvalue weighted by Gasteiger charge is -2.08. The SMILES string of the molecule is Cc1ccc(C(=O)CCNc2cccc(F)c2)c(C)c1. The average molecular weight is 271 g/mol. The molecule has 0 fully saturated rings. The van der Waals surface area contributed by atoms with E-state index in [9.17, 15) is 9.18 Å². The van der Waals surface area contributed by atoms with Crippen molar-refractivity contribution in [1.82, 2.24) is 0 Å². The monoisotopic (exact) mass is 271 g/mol. The lowest BCUT2D eigenvalue weighted by molar-refractivity contribution is 0.0986. The van der Waals surface area contributed by atoms with Crippen LogP contribution in [0, 0.1) is 19.7 Å². The number of rotatable bonds is 5. The van der Waals surface area contributed by atoms with Crippen molar-refractivity contribution in [3.05, 3.63) is 65.0 Å². The second-order valence-electron chi connectivity index (χ2n) is 4.93. The van der Waals surface area contributed by atoms with Crippen LogP contribution in [0.1, 0.15) is 27.9 Å². The van der Waals surface area contributed by atoms with Crippen molar-refractivity contribution in [1.29, 1.82) is 0 Å². The highest BCUT2D eigenvalue weighted by Crippen LogP contribution is 2.13. The summed E-state index contributed by atoms with van der Waals surface area (Å²) >= 11 is 0. The van der Waals surface area contributed by atoms with Crippen LogP contribution in [0.4, 0.5) is 10.1 Å². The number of benzene rings is 2. The van der Waals surface area contributed by atoms with Crippen LogP contribution in [-0.2, 0) is 0 Å². The Hall–Kier alpha value is -2.16. The number of hydrogen-bond acceptors (Lipinski definition) is 2. The molecular formula is C17H18FNO. The molecule has 2 aromatic rings. The smallest absolute Gasteiger partial charge is 0.164 e. The third-order valence-electron chi connectivity index (χ3n) is 3.19. The van der Waals surface area contributed by atoms with E-state index in [0.717, 1.165) is 16.7 Å². The number of anilines is 1. The number of hydrogen-bond donors (Lipinski definition) is 1. The van der Waals surface area contributed by atoms with E-state index in [-0.39, 0.29) is 11.6 Å². The first-order valence-corrected chi connectivity index (χ1v) is 6.66. The van der Waals surface area contributed by atoms with E-state index in [1.807, 2.05) is 32.0 Å². The molecule has 0 amide bonds. The maximum Gasteiger partial charge on any atom is 0.164 e. The molecule has 0 bridgehead atoms. The van der Waals surface area contributed by atoms with Gasteiger partial charge in [-0.2, -0.15) is 0 Å². The zero-order chi connectivity index (χ0) is 14.5. The van der Waals surface area contributed by atoms with Crippen LogP contribution in [0.25, 0.3) is 0 Å². The molecule has 0 saturated heterocycles. The highest BCUT2D eigenvalue weighted by atomic mass is 19.1. The molecule has 0 aliphatic carbocycles. The first-order chi connectivity index (χ1) is 9.56. The number of Topliss-reactive ketones (excluding diaryl/α,β-unsaturated/α-hetero) is 1. The largest absolute Gasteiger partial charge is 0.385 e. The van der Waals surface area contributed by atoms with Gasteiger partial charge in [-0.15, -0.1) is 0 Å². The number of carbonyl (C=O) groups excluding carboxylic acids is 1. The molecule has 3 heteroatoms. The van der Waals surface area contributed by atoms with Crippen LogP contribution in [0.15, 0.2) is 42.5 Å². The molecule has 2 nitrogen and oxygen atoms in total. The first kappa shape index (κ1) is 14.3. The van der Waals surface area contributed by atoms with Crippen LogP contribution in [0.5, 0.6) is 0 Å². The Morgan fingerprint density at radius 1 is 1.15 bits per heavy atom. The summed E-state index contributed by atoms with van der Waals surface area (Å²) in [5.74, 6) is -0.179. The number of ketones is 1. The van der Waals surface area contributed by atoms with Gasteiger partial charge in [0.25, 0.3) is 0 Å². The second kappa shape index (κ2) is 6.33. The molecular weight excluding hydrogens is 253 g/mol. The Kier molecular flexibility index (Phi) is 4.51. The Balaban J connectivity index is 1.92. The Morgan fingerprint density at radius 2 is 1.95 bits per heavy atom. The molecule has 0 aromatic heterocycles. The predicted molar refractivity (Wildman–Crippen MR) is 79.8 cm³/mol. The van der Waals surface area contributed by atoms with E-state index in [4.69, 9.17) is 0 Å². The van der Waals surface area contributed by atoms with Crippen molar-refractivity contribution in [2.75, 3.05) is 11.9 Å². The fraction of sp³-hybridized carbons (Fsp3) is 0.235. The van der Waals surface area contributed by atoms with Crippen molar-refractivity contribution >= 4 is 11.5 Å². The molecule has 1 N–H and O–H groups in total. The number of aryl methyl sites for hydroxylation is 2. The van der Waals surface area contributed by atoms with Gasteiger partial charge < -0.3 is 5.32 Å². The summed E-state index contributed by atoms with van der Waals surface area (Å²) in [6.45, 7) is 4.45. The van der Waals surface area contributed by atoms with Crippen LogP contribution >= 0.6 is 0 Å². The molecule has 0 aliphatic heterocycles. The van der Waals surface area contributed by atoms with E-state index in [2.05, 4.69) is 5.32 Å². The lowest BCUT2D eigenvalue weighted by atomic mass is 10.0. The first-order valence-electron chi connectivity index (χ1n) is 6.66. The van der Waals surface area contributed by atoms with Gasteiger partial charge in [0, 0.05) is 24.2 Å². The van der Waals surface area contributed by atoms with Gasteiger partial charge in [-0.25, -0.2) is 4.39 Å². The predicted octanol–water partition coefficient (Wildman–Crippen LogP) is 4.13. The summed E-state index contributed by atoms with van der Waals surface area (Å²) in [5.41, 5.74) is 3.60. The number of halogens is 1. The average Bonchev–Trinajstić information content (AvgIpc) is 2.38. The third-order valence-corrected chi connectivity index (χ3v) is 3.19. The molecule has 104 valence electrons. The Morgan fingerprint density at radius 3 is 2.65 bits per heavy atom. The van der Waals surface area contributed by atoms with Gasteiger partial charge in [0.2, 0.25) is 0 Å². The summed E-state index contributed by atoms with van der Waals surface area (Å²) in [6.07, 6.45) is 0.389. The molecule has 2 rings (SSSR count). The van der Waals surface area contributed by atoms with Crippen LogP contribution in [-0.4, -0.2) is 12.3 Å². The molecule has 0 spiro atoms. The minimum atomic E-state index is -0.282. The standard InChI is InChI=1S/C17H18FNO/c1-12-6-7-16(13(2)10-12)17(20)8-9-19-15-5-3-4-14(18)11-15/h3-7,10-11,19H,8-9H2,1-2H3. The minimum Gasteiger partial charge on any atom is -0.385 e. The van der Waals surface area contributed by atoms with Crippen molar-refractivity contribution in [2.24, 2.45) is 0 Å². The molecule has 0 heterocycles. The van der Waals surface area contributed by atoms with E-state index >= 15 is 0 Å². The zero-order valence-electron chi connectivity index (χ0n) is 11.7. The van der Waals surface area contributed by atoms with Crippen molar-refractivity contribution in [3.8, 4) is 0 Å². The van der Waals surface area contributed by atoms with Crippen LogP contribution < -0.4 is 5.32 Å². The summed E-state index contributed by atoms with van der Waals surface area (Å²) in [5, 5.41) is 3.06. The zero-order valence-corrected chi connectivity index (χ0v) is 11.7. The van der Waals surface area contributed by atoms with E-state index < -0.39 is 0 Å². The van der Waals surface area contributed by atoms with Gasteiger partial charge in [-0.1, -0.05) is 29.8 Å². The van der Waals surface area contributed by atoms with Gasteiger partial charge in [-0.05, 0) is 37.6 Å². The fourth-order valence-electron chi connectivity index (χ4n) is 2.18. The molecule has 0 unspecified atom stereocenters. The van der Waals surface area contributed by atoms with Gasteiger partial charge >= 0.3 is 0 Å². The quantitative estimate of drug-likeness (QED) is 0.828. The topological polar surface area (TPSA) is 29.1 Å². The van der Waals surface area contributed by atoms with Crippen molar-refractivity contribution in [3.63, 3.8) is 0 Å². The molecule has 0 radical (unpaired) electrons. The van der Waals surface area contributed by atoms with Crippen LogP contribution in [0.3, 0.4) is 0 Å². The van der Waals surface area contributed by atoms with Crippen molar-refractivity contribution in [2.45, 2.75) is 20.3 Å². The van der Waals surface area contributed by atoms with Gasteiger partial charge in [0.05, 0.1) is 0 Å².